The fourth-order valence-electron chi connectivity index (χ4n) is 2.69. The van der Waals surface area contributed by atoms with Crippen LogP contribution in [0.4, 0.5) is 0 Å². The number of amides is 2. The number of nitrogens with zero attached hydrogens (tertiary/aromatic N) is 2. The van der Waals surface area contributed by atoms with Crippen LogP contribution in [0, 0.1) is 17.8 Å². The van der Waals surface area contributed by atoms with Gasteiger partial charge in [-0.3, -0.25) is 14.4 Å². The summed E-state index contributed by atoms with van der Waals surface area (Å²) in [4.78, 5) is 37.9. The summed E-state index contributed by atoms with van der Waals surface area (Å²) in [5.41, 5.74) is 0. The molecule has 2 atom stereocenters. The topological polar surface area (TPSA) is 77.9 Å². The number of hydrogen-bond donors (Lipinski definition) is 1. The van der Waals surface area contributed by atoms with Crippen molar-refractivity contribution in [3.05, 3.63) is 0 Å². The van der Waals surface area contributed by atoms with E-state index in [1.165, 1.54) is 0 Å². The van der Waals surface area contributed by atoms with Crippen molar-refractivity contribution in [1.29, 1.82) is 0 Å². The van der Waals surface area contributed by atoms with Gasteiger partial charge in [-0.1, -0.05) is 0 Å². The third-order valence-corrected chi connectivity index (χ3v) is 4.02. The van der Waals surface area contributed by atoms with E-state index in [2.05, 4.69) is 0 Å². The SMILES string of the molecule is CN(C)C(=O)C1CCN(C(=O)C2CC2C(=O)O)CC1. The first-order valence-corrected chi connectivity index (χ1v) is 6.64. The Bertz CT molecular complexity index is 399. The van der Waals surface area contributed by atoms with Crippen LogP contribution < -0.4 is 0 Å². The van der Waals surface area contributed by atoms with E-state index in [0.717, 1.165) is 0 Å². The third kappa shape index (κ3) is 2.88. The molecule has 2 aliphatic rings. The van der Waals surface area contributed by atoms with Crippen LogP contribution in [-0.4, -0.2) is 59.9 Å². The lowest BCUT2D eigenvalue weighted by molar-refractivity contribution is -0.143. The van der Waals surface area contributed by atoms with Crippen molar-refractivity contribution in [1.82, 2.24) is 9.80 Å². The van der Waals surface area contributed by atoms with Crippen LogP contribution in [0.25, 0.3) is 0 Å². The highest BCUT2D eigenvalue weighted by atomic mass is 16.4. The first kappa shape index (κ1) is 13.8. The van der Waals surface area contributed by atoms with Gasteiger partial charge in [0.15, 0.2) is 0 Å². The van der Waals surface area contributed by atoms with Crippen LogP contribution in [0.1, 0.15) is 19.3 Å². The minimum atomic E-state index is -0.879. The molecule has 0 spiro atoms. The molecule has 2 rings (SSSR count). The van der Waals surface area contributed by atoms with Crippen molar-refractivity contribution < 1.29 is 19.5 Å². The molecular formula is C13H20N2O4. The second-order valence-corrected chi connectivity index (χ2v) is 5.62. The van der Waals surface area contributed by atoms with E-state index in [1.807, 2.05) is 0 Å². The number of piperidine rings is 1. The highest BCUT2D eigenvalue weighted by Gasteiger charge is 2.50. The Morgan fingerprint density at radius 2 is 1.68 bits per heavy atom. The van der Waals surface area contributed by atoms with E-state index in [9.17, 15) is 14.4 Å². The summed E-state index contributed by atoms with van der Waals surface area (Å²) in [7, 11) is 3.48. The summed E-state index contributed by atoms with van der Waals surface area (Å²) in [6, 6.07) is 0. The molecule has 0 bridgehead atoms. The number of rotatable bonds is 3. The number of carbonyl (C=O) groups is 3. The fourth-order valence-corrected chi connectivity index (χ4v) is 2.69. The minimum absolute atomic E-state index is 0.00600. The Hall–Kier alpha value is -1.59. The van der Waals surface area contributed by atoms with E-state index in [4.69, 9.17) is 5.11 Å². The molecule has 1 heterocycles. The molecule has 0 aromatic rings. The van der Waals surface area contributed by atoms with Gasteiger partial charge in [-0.15, -0.1) is 0 Å². The minimum Gasteiger partial charge on any atom is -0.481 e. The van der Waals surface area contributed by atoms with E-state index in [0.29, 0.717) is 32.4 Å². The van der Waals surface area contributed by atoms with Gasteiger partial charge in [0.1, 0.15) is 0 Å². The van der Waals surface area contributed by atoms with E-state index in [-0.39, 0.29) is 23.7 Å². The lowest BCUT2D eigenvalue weighted by Crippen LogP contribution is -2.43. The van der Waals surface area contributed by atoms with Gasteiger partial charge in [-0.2, -0.15) is 0 Å². The van der Waals surface area contributed by atoms with Crippen LogP contribution in [0.3, 0.4) is 0 Å². The van der Waals surface area contributed by atoms with Crippen molar-refractivity contribution in [2.45, 2.75) is 19.3 Å². The van der Waals surface area contributed by atoms with Gasteiger partial charge >= 0.3 is 5.97 Å². The molecule has 0 aromatic heterocycles. The summed E-state index contributed by atoms with van der Waals surface area (Å²) in [6.07, 6.45) is 1.81. The summed E-state index contributed by atoms with van der Waals surface area (Å²) >= 11 is 0. The number of hydrogen-bond acceptors (Lipinski definition) is 3. The number of carbonyl (C=O) groups excluding carboxylic acids is 2. The quantitative estimate of drug-likeness (QED) is 0.783. The Kier molecular flexibility index (Phi) is 3.78. The summed E-state index contributed by atoms with van der Waals surface area (Å²) in [6.45, 7) is 1.12. The van der Waals surface area contributed by atoms with Crippen molar-refractivity contribution in [3.8, 4) is 0 Å². The molecule has 19 heavy (non-hydrogen) atoms. The molecule has 6 heteroatoms. The van der Waals surface area contributed by atoms with Gasteiger partial charge in [0.25, 0.3) is 0 Å². The molecule has 1 aliphatic heterocycles. The molecule has 1 aliphatic carbocycles. The van der Waals surface area contributed by atoms with Crippen LogP contribution in [0.2, 0.25) is 0 Å². The molecule has 106 valence electrons. The van der Waals surface area contributed by atoms with E-state index >= 15 is 0 Å². The molecule has 6 nitrogen and oxygen atoms in total. The molecule has 2 amide bonds. The maximum atomic E-state index is 12.1. The number of likely N-dealkylation sites (tertiary alicyclic amines) is 1. The Labute approximate surface area is 112 Å². The third-order valence-electron chi connectivity index (χ3n) is 4.02. The smallest absolute Gasteiger partial charge is 0.307 e. The zero-order chi connectivity index (χ0) is 14.2. The molecule has 1 saturated carbocycles. The van der Waals surface area contributed by atoms with Gasteiger partial charge in [-0.25, -0.2) is 0 Å². The molecule has 2 fully saturated rings. The summed E-state index contributed by atoms with van der Waals surface area (Å²) in [5.74, 6) is -1.65. The molecule has 0 radical (unpaired) electrons. The first-order chi connectivity index (χ1) is 8.91. The summed E-state index contributed by atoms with van der Waals surface area (Å²) < 4.78 is 0. The first-order valence-electron chi connectivity index (χ1n) is 6.64. The lowest BCUT2D eigenvalue weighted by Gasteiger charge is -2.32. The van der Waals surface area contributed by atoms with Gasteiger partial charge in [0.2, 0.25) is 11.8 Å². The van der Waals surface area contributed by atoms with Gasteiger partial charge in [0.05, 0.1) is 11.8 Å². The van der Waals surface area contributed by atoms with Crippen LogP contribution in [0.5, 0.6) is 0 Å². The van der Waals surface area contributed by atoms with Crippen molar-refractivity contribution in [2.24, 2.45) is 17.8 Å². The second-order valence-electron chi connectivity index (χ2n) is 5.62. The number of aliphatic carboxylic acids is 1. The highest BCUT2D eigenvalue weighted by Crippen LogP contribution is 2.40. The predicted octanol–water partition coefficient (Wildman–Crippen LogP) is 0.0339. The van der Waals surface area contributed by atoms with Crippen molar-refractivity contribution in [2.75, 3.05) is 27.2 Å². The average Bonchev–Trinajstić information content (AvgIpc) is 3.17. The van der Waals surface area contributed by atoms with Crippen LogP contribution >= 0.6 is 0 Å². The standard InChI is InChI=1S/C13H20N2O4/c1-14(2)11(16)8-3-5-15(6-4-8)12(17)9-7-10(9)13(18)19/h8-10H,3-7H2,1-2H3,(H,18,19). The summed E-state index contributed by atoms with van der Waals surface area (Å²) in [5, 5.41) is 8.83. The van der Waals surface area contributed by atoms with E-state index in [1.54, 1.807) is 23.9 Å². The van der Waals surface area contributed by atoms with Gasteiger partial charge < -0.3 is 14.9 Å². The Balaban J connectivity index is 1.82. The number of carboxylic acids is 1. The zero-order valence-electron chi connectivity index (χ0n) is 11.3. The van der Waals surface area contributed by atoms with Gasteiger partial charge in [-0.05, 0) is 19.3 Å². The maximum absolute atomic E-state index is 12.1. The Morgan fingerprint density at radius 3 is 2.11 bits per heavy atom. The van der Waals surface area contributed by atoms with Crippen molar-refractivity contribution in [3.63, 3.8) is 0 Å². The second kappa shape index (κ2) is 5.19. The average molecular weight is 268 g/mol. The zero-order valence-corrected chi connectivity index (χ0v) is 11.3. The Morgan fingerprint density at radius 1 is 1.11 bits per heavy atom. The molecule has 1 N–H and O–H groups in total. The van der Waals surface area contributed by atoms with E-state index < -0.39 is 11.9 Å². The molecule has 1 saturated heterocycles. The monoisotopic (exact) mass is 268 g/mol. The predicted molar refractivity (Wildman–Crippen MR) is 67.2 cm³/mol. The largest absolute Gasteiger partial charge is 0.481 e. The maximum Gasteiger partial charge on any atom is 0.307 e. The molecular weight excluding hydrogens is 248 g/mol. The molecule has 0 aromatic carbocycles. The number of carboxylic acid groups (broad SMARTS) is 1. The molecule has 2 unspecified atom stereocenters. The van der Waals surface area contributed by atoms with Crippen LogP contribution in [-0.2, 0) is 14.4 Å². The van der Waals surface area contributed by atoms with Crippen molar-refractivity contribution >= 4 is 17.8 Å². The lowest BCUT2D eigenvalue weighted by atomic mass is 9.95. The van der Waals surface area contributed by atoms with Crippen LogP contribution in [0.15, 0.2) is 0 Å². The normalized spacial score (nSPS) is 26.9. The highest BCUT2D eigenvalue weighted by molar-refractivity contribution is 5.89. The van der Waals surface area contributed by atoms with Gasteiger partial charge in [0, 0.05) is 33.1 Å². The fraction of sp³-hybridized carbons (Fsp3) is 0.769.